The van der Waals surface area contributed by atoms with Gasteiger partial charge in [-0.3, -0.25) is 0 Å². The standard InChI is InChI=1S/C20H20FNO3/c1-4-16-17-10-18(24-12(2)3)14(11-22-23)9-19(17)25-20(16)13-5-7-15(21)8-6-13/h5-12,23H,4H2,1-3H3. The second kappa shape index (κ2) is 6.97. The fourth-order valence-corrected chi connectivity index (χ4v) is 2.89. The first-order valence-electron chi connectivity index (χ1n) is 8.23. The van der Waals surface area contributed by atoms with E-state index in [4.69, 9.17) is 14.4 Å². The Bertz CT molecular complexity index is 911. The van der Waals surface area contributed by atoms with E-state index in [0.29, 0.717) is 22.7 Å². The minimum atomic E-state index is -0.285. The van der Waals surface area contributed by atoms with Crippen molar-refractivity contribution in [2.75, 3.05) is 0 Å². The average molecular weight is 341 g/mol. The quantitative estimate of drug-likeness (QED) is 0.384. The van der Waals surface area contributed by atoms with Gasteiger partial charge in [0.15, 0.2) is 0 Å². The molecule has 5 heteroatoms. The van der Waals surface area contributed by atoms with E-state index < -0.39 is 0 Å². The number of fused-ring (bicyclic) bond motifs is 1. The van der Waals surface area contributed by atoms with Crippen molar-refractivity contribution in [3.05, 3.63) is 53.3 Å². The lowest BCUT2D eigenvalue weighted by molar-refractivity contribution is 0.242. The molecule has 0 saturated heterocycles. The van der Waals surface area contributed by atoms with Crippen molar-refractivity contribution in [1.82, 2.24) is 0 Å². The summed E-state index contributed by atoms with van der Waals surface area (Å²) in [7, 11) is 0. The first-order chi connectivity index (χ1) is 12.0. The van der Waals surface area contributed by atoms with Crippen molar-refractivity contribution in [1.29, 1.82) is 0 Å². The van der Waals surface area contributed by atoms with Crippen LogP contribution in [0.25, 0.3) is 22.3 Å². The molecule has 0 spiro atoms. The van der Waals surface area contributed by atoms with Gasteiger partial charge in [0.2, 0.25) is 0 Å². The number of halogens is 1. The van der Waals surface area contributed by atoms with Crippen LogP contribution >= 0.6 is 0 Å². The first-order valence-corrected chi connectivity index (χ1v) is 8.23. The van der Waals surface area contributed by atoms with E-state index >= 15 is 0 Å². The maximum Gasteiger partial charge on any atom is 0.138 e. The molecule has 2 aromatic carbocycles. The van der Waals surface area contributed by atoms with Gasteiger partial charge >= 0.3 is 0 Å². The average Bonchev–Trinajstić information content (AvgIpc) is 2.93. The molecule has 0 unspecified atom stereocenters. The summed E-state index contributed by atoms with van der Waals surface area (Å²) in [5, 5.41) is 13.0. The highest BCUT2D eigenvalue weighted by Gasteiger charge is 2.18. The zero-order valence-corrected chi connectivity index (χ0v) is 14.4. The summed E-state index contributed by atoms with van der Waals surface area (Å²) in [6.07, 6.45) is 2.06. The molecule has 1 aromatic heterocycles. The number of furan rings is 1. The Hall–Kier alpha value is -2.82. The molecule has 3 aromatic rings. The third kappa shape index (κ3) is 3.36. The molecule has 0 bridgehead atoms. The lowest BCUT2D eigenvalue weighted by atomic mass is 10.0. The zero-order valence-electron chi connectivity index (χ0n) is 14.4. The van der Waals surface area contributed by atoms with Crippen LogP contribution in [0.4, 0.5) is 4.39 Å². The van der Waals surface area contributed by atoms with Crippen molar-refractivity contribution in [2.24, 2.45) is 5.16 Å². The molecule has 4 nitrogen and oxygen atoms in total. The van der Waals surface area contributed by atoms with Crippen LogP contribution in [0.1, 0.15) is 31.9 Å². The maximum atomic E-state index is 13.2. The fourth-order valence-electron chi connectivity index (χ4n) is 2.89. The van der Waals surface area contributed by atoms with E-state index in [0.717, 1.165) is 22.9 Å². The molecule has 0 aliphatic heterocycles. The van der Waals surface area contributed by atoms with Gasteiger partial charge < -0.3 is 14.4 Å². The molecule has 0 fully saturated rings. The summed E-state index contributed by atoms with van der Waals surface area (Å²) in [5.41, 5.74) is 3.15. The smallest absolute Gasteiger partial charge is 0.138 e. The Morgan fingerprint density at radius 3 is 2.56 bits per heavy atom. The Labute approximate surface area is 145 Å². The van der Waals surface area contributed by atoms with Crippen molar-refractivity contribution in [2.45, 2.75) is 33.3 Å². The molecule has 0 atom stereocenters. The first kappa shape index (κ1) is 17.0. The fraction of sp³-hybridized carbons (Fsp3) is 0.250. The molecule has 0 amide bonds. The van der Waals surface area contributed by atoms with Gasteiger partial charge in [0.1, 0.15) is 22.9 Å². The number of benzene rings is 2. The number of aryl methyl sites for hydroxylation is 1. The van der Waals surface area contributed by atoms with Gasteiger partial charge in [-0.25, -0.2) is 4.39 Å². The molecule has 1 N–H and O–H groups in total. The number of hydrogen-bond acceptors (Lipinski definition) is 4. The number of nitrogens with zero attached hydrogens (tertiary/aromatic N) is 1. The van der Waals surface area contributed by atoms with Crippen LogP contribution < -0.4 is 4.74 Å². The molecule has 1 heterocycles. The monoisotopic (exact) mass is 341 g/mol. The van der Waals surface area contributed by atoms with Gasteiger partial charge in [-0.05, 0) is 56.7 Å². The summed E-state index contributed by atoms with van der Waals surface area (Å²) >= 11 is 0. The predicted molar refractivity (Wildman–Crippen MR) is 96.1 cm³/mol. The van der Waals surface area contributed by atoms with Crippen molar-refractivity contribution >= 4 is 17.2 Å². The highest BCUT2D eigenvalue weighted by atomic mass is 19.1. The molecular weight excluding hydrogens is 321 g/mol. The van der Waals surface area contributed by atoms with Gasteiger partial charge in [0.25, 0.3) is 0 Å². The third-order valence-corrected chi connectivity index (χ3v) is 3.94. The molecule has 3 rings (SSSR count). The largest absolute Gasteiger partial charge is 0.490 e. The Balaban J connectivity index is 2.22. The Kier molecular flexibility index (Phi) is 4.74. The predicted octanol–water partition coefficient (Wildman–Crippen LogP) is 5.40. The minimum Gasteiger partial charge on any atom is -0.490 e. The van der Waals surface area contributed by atoms with E-state index in [2.05, 4.69) is 5.16 Å². The van der Waals surface area contributed by atoms with E-state index in [-0.39, 0.29) is 11.9 Å². The van der Waals surface area contributed by atoms with E-state index in [1.54, 1.807) is 18.2 Å². The van der Waals surface area contributed by atoms with Gasteiger partial charge in [-0.15, -0.1) is 0 Å². The summed E-state index contributed by atoms with van der Waals surface area (Å²) in [6.45, 7) is 5.91. The molecule has 0 aliphatic carbocycles. The zero-order chi connectivity index (χ0) is 18.0. The lowest BCUT2D eigenvalue weighted by Gasteiger charge is -2.12. The van der Waals surface area contributed by atoms with Crippen molar-refractivity contribution in [3.63, 3.8) is 0 Å². The molecule has 0 saturated carbocycles. The molecule has 25 heavy (non-hydrogen) atoms. The molecular formula is C20H20FNO3. The number of hydrogen-bond donors (Lipinski definition) is 1. The van der Waals surface area contributed by atoms with Crippen molar-refractivity contribution < 1.29 is 18.8 Å². The number of oxime groups is 1. The second-order valence-corrected chi connectivity index (χ2v) is 6.07. The van der Waals surface area contributed by atoms with E-state index in [1.165, 1.54) is 18.3 Å². The van der Waals surface area contributed by atoms with Crippen LogP contribution in [0.2, 0.25) is 0 Å². The van der Waals surface area contributed by atoms with Gasteiger partial charge in [-0.1, -0.05) is 12.1 Å². The third-order valence-electron chi connectivity index (χ3n) is 3.94. The highest BCUT2D eigenvalue weighted by Crippen LogP contribution is 2.37. The minimum absolute atomic E-state index is 0.0168. The highest BCUT2D eigenvalue weighted by molar-refractivity contribution is 5.95. The van der Waals surface area contributed by atoms with E-state index in [1.807, 2.05) is 26.8 Å². The summed E-state index contributed by atoms with van der Waals surface area (Å²) in [4.78, 5) is 0. The SMILES string of the molecule is CCc1c(-c2ccc(F)cc2)oc2cc(C=NO)c(OC(C)C)cc12. The van der Waals surface area contributed by atoms with Gasteiger partial charge in [0, 0.05) is 22.1 Å². The molecule has 130 valence electrons. The van der Waals surface area contributed by atoms with Crippen LogP contribution in [0, 0.1) is 5.82 Å². The summed E-state index contributed by atoms with van der Waals surface area (Å²) < 4.78 is 25.1. The Morgan fingerprint density at radius 2 is 1.96 bits per heavy atom. The van der Waals surface area contributed by atoms with Crippen LogP contribution in [-0.2, 0) is 6.42 Å². The summed E-state index contributed by atoms with van der Waals surface area (Å²) in [6, 6.07) is 9.93. The van der Waals surface area contributed by atoms with Crippen LogP contribution in [0.3, 0.4) is 0 Å². The second-order valence-electron chi connectivity index (χ2n) is 6.07. The lowest BCUT2D eigenvalue weighted by Crippen LogP contribution is -2.07. The van der Waals surface area contributed by atoms with Crippen LogP contribution in [0.15, 0.2) is 46.0 Å². The van der Waals surface area contributed by atoms with Crippen LogP contribution in [0.5, 0.6) is 5.75 Å². The van der Waals surface area contributed by atoms with Crippen molar-refractivity contribution in [3.8, 4) is 17.1 Å². The topological polar surface area (TPSA) is 55.0 Å². The number of rotatable bonds is 5. The maximum absolute atomic E-state index is 13.2. The van der Waals surface area contributed by atoms with E-state index in [9.17, 15) is 4.39 Å². The molecule has 0 aliphatic rings. The van der Waals surface area contributed by atoms with Gasteiger partial charge in [0.05, 0.1) is 12.3 Å². The number of ether oxygens (including phenoxy) is 1. The Morgan fingerprint density at radius 1 is 1.24 bits per heavy atom. The van der Waals surface area contributed by atoms with Gasteiger partial charge in [-0.2, -0.15) is 0 Å². The normalized spacial score (nSPS) is 11.7. The molecule has 0 radical (unpaired) electrons. The van der Waals surface area contributed by atoms with Crippen LogP contribution in [-0.4, -0.2) is 17.5 Å². The summed E-state index contributed by atoms with van der Waals surface area (Å²) in [5.74, 6) is 1.06.